The number of aromatic nitrogens is 1. The van der Waals surface area contributed by atoms with Gasteiger partial charge in [-0.3, -0.25) is 24.6 Å². The molecule has 1 N–H and O–H groups in total. The summed E-state index contributed by atoms with van der Waals surface area (Å²) >= 11 is 0. The van der Waals surface area contributed by atoms with Gasteiger partial charge in [-0.2, -0.15) is 0 Å². The molecule has 146 valence electrons. The minimum atomic E-state index is -0.354. The van der Waals surface area contributed by atoms with Crippen molar-refractivity contribution in [3.8, 4) is 0 Å². The number of nitrogens with one attached hydrogen (secondary N) is 1. The van der Waals surface area contributed by atoms with E-state index in [-0.39, 0.29) is 24.3 Å². The Labute approximate surface area is 168 Å². The number of hydrogen-bond donors (Lipinski definition) is 1. The molecule has 1 aliphatic rings. The maximum absolute atomic E-state index is 13.1. The molecule has 1 aliphatic heterocycles. The third-order valence-corrected chi connectivity index (χ3v) is 5.34. The third kappa shape index (κ3) is 3.49. The van der Waals surface area contributed by atoms with Crippen molar-refractivity contribution in [3.05, 3.63) is 71.4 Å². The van der Waals surface area contributed by atoms with Crippen molar-refractivity contribution in [2.24, 2.45) is 0 Å². The quantitative estimate of drug-likeness (QED) is 0.631. The predicted molar refractivity (Wildman–Crippen MR) is 111 cm³/mol. The molecule has 2 aromatic carbocycles. The van der Waals surface area contributed by atoms with Gasteiger partial charge in [0.25, 0.3) is 5.91 Å². The van der Waals surface area contributed by atoms with E-state index in [9.17, 15) is 14.4 Å². The first-order valence-corrected chi connectivity index (χ1v) is 9.61. The molecular formula is C23H21N3O3. The Morgan fingerprint density at radius 2 is 1.97 bits per heavy atom. The van der Waals surface area contributed by atoms with Crippen molar-refractivity contribution in [1.82, 2.24) is 10.3 Å². The van der Waals surface area contributed by atoms with Gasteiger partial charge in [-0.05, 0) is 42.3 Å². The van der Waals surface area contributed by atoms with Gasteiger partial charge in [0, 0.05) is 24.0 Å². The zero-order valence-electron chi connectivity index (χ0n) is 16.1. The van der Waals surface area contributed by atoms with Crippen molar-refractivity contribution < 1.29 is 14.4 Å². The van der Waals surface area contributed by atoms with Crippen LogP contribution in [0.5, 0.6) is 0 Å². The second-order valence-corrected chi connectivity index (χ2v) is 7.25. The average molecular weight is 387 g/mol. The molecule has 0 fully saturated rings. The molecule has 6 nitrogen and oxygen atoms in total. The lowest BCUT2D eigenvalue weighted by Crippen LogP contribution is -2.37. The molecule has 6 heteroatoms. The number of carbonyl (C=O) groups is 3. The Morgan fingerprint density at radius 3 is 2.72 bits per heavy atom. The first-order chi connectivity index (χ1) is 14.1. The fraction of sp³-hybridized carbons (Fsp3) is 0.217. The monoisotopic (exact) mass is 387 g/mol. The Kier molecular flexibility index (Phi) is 5.08. The van der Waals surface area contributed by atoms with Gasteiger partial charge in [0.05, 0.1) is 5.56 Å². The van der Waals surface area contributed by atoms with Crippen molar-refractivity contribution in [1.29, 1.82) is 0 Å². The number of amides is 3. The largest absolute Gasteiger partial charge is 0.299 e. The molecule has 1 atom stereocenters. The van der Waals surface area contributed by atoms with Crippen LogP contribution in [0, 0.1) is 0 Å². The number of carbonyl (C=O) groups excluding carboxylic acids is 3. The number of pyridine rings is 1. The molecule has 0 aliphatic carbocycles. The van der Waals surface area contributed by atoms with E-state index in [1.165, 1.54) is 5.56 Å². The van der Waals surface area contributed by atoms with Gasteiger partial charge in [-0.15, -0.1) is 0 Å². The van der Waals surface area contributed by atoms with Gasteiger partial charge in [0.15, 0.2) is 0 Å². The highest BCUT2D eigenvalue weighted by molar-refractivity contribution is 6.24. The summed E-state index contributed by atoms with van der Waals surface area (Å²) in [6, 6.07) is 15.7. The second-order valence-electron chi connectivity index (χ2n) is 7.25. The summed E-state index contributed by atoms with van der Waals surface area (Å²) < 4.78 is 0. The maximum Gasteiger partial charge on any atom is 0.260 e. The van der Waals surface area contributed by atoms with Gasteiger partial charge >= 0.3 is 0 Å². The molecule has 0 saturated carbocycles. The van der Waals surface area contributed by atoms with Crippen LogP contribution >= 0.6 is 0 Å². The van der Waals surface area contributed by atoms with Crippen LogP contribution in [0.15, 0.2) is 54.7 Å². The Morgan fingerprint density at radius 1 is 1.17 bits per heavy atom. The second kappa shape index (κ2) is 7.83. The fourth-order valence-corrected chi connectivity index (χ4v) is 3.89. The number of benzene rings is 2. The summed E-state index contributed by atoms with van der Waals surface area (Å²) in [6.07, 6.45) is 3.56. The first kappa shape index (κ1) is 18.8. The molecule has 1 unspecified atom stereocenters. The molecule has 29 heavy (non-hydrogen) atoms. The van der Waals surface area contributed by atoms with Crippen LogP contribution in [0.4, 0.5) is 5.82 Å². The van der Waals surface area contributed by atoms with E-state index in [0.717, 1.165) is 22.8 Å². The highest BCUT2D eigenvalue weighted by Gasteiger charge is 2.34. The third-order valence-electron chi connectivity index (χ3n) is 5.34. The summed E-state index contributed by atoms with van der Waals surface area (Å²) in [5.41, 5.74) is 2.90. The van der Waals surface area contributed by atoms with E-state index in [1.54, 1.807) is 4.90 Å². The number of rotatable bonds is 7. The van der Waals surface area contributed by atoms with Crippen molar-refractivity contribution in [2.75, 3.05) is 4.90 Å². The molecule has 0 spiro atoms. The number of imide groups is 1. The smallest absolute Gasteiger partial charge is 0.260 e. The van der Waals surface area contributed by atoms with Crippen LogP contribution in [0.3, 0.4) is 0 Å². The summed E-state index contributed by atoms with van der Waals surface area (Å²) in [6.45, 7) is 1.89. The van der Waals surface area contributed by atoms with Crippen LogP contribution in [0.25, 0.3) is 10.8 Å². The standard InChI is InChI=1S/C23H21N3O3/c1-15(10-11-20(28)25-14-27)26-22-21-18(8-5-9-19(21)23(26)29)17(13-24-22)12-16-6-3-2-4-7-16/h2-9,13-15H,10-12H2,1H3,(H,25,27,28). The molecule has 0 radical (unpaired) electrons. The molecule has 3 amide bonds. The van der Waals surface area contributed by atoms with E-state index in [2.05, 4.69) is 22.4 Å². The normalized spacial score (nSPS) is 13.6. The Bertz CT molecular complexity index is 1100. The van der Waals surface area contributed by atoms with Crippen molar-refractivity contribution >= 4 is 34.8 Å². The Balaban J connectivity index is 1.67. The molecule has 0 saturated heterocycles. The number of nitrogens with zero attached hydrogens (tertiary/aromatic N) is 2. The van der Waals surface area contributed by atoms with Gasteiger partial charge in [-0.25, -0.2) is 4.98 Å². The van der Waals surface area contributed by atoms with E-state index in [1.807, 2.05) is 49.5 Å². The van der Waals surface area contributed by atoms with E-state index in [0.29, 0.717) is 24.2 Å². The highest BCUT2D eigenvalue weighted by Crippen LogP contribution is 2.39. The Hall–Kier alpha value is -3.54. The summed E-state index contributed by atoms with van der Waals surface area (Å²) in [7, 11) is 0. The summed E-state index contributed by atoms with van der Waals surface area (Å²) in [5.74, 6) is 0.186. The minimum Gasteiger partial charge on any atom is -0.299 e. The van der Waals surface area contributed by atoms with Crippen LogP contribution in [0.2, 0.25) is 0 Å². The van der Waals surface area contributed by atoms with Crippen LogP contribution < -0.4 is 10.2 Å². The molecule has 0 bridgehead atoms. The van der Waals surface area contributed by atoms with E-state index < -0.39 is 0 Å². The average Bonchev–Trinajstić information content (AvgIpc) is 3.03. The van der Waals surface area contributed by atoms with E-state index >= 15 is 0 Å². The zero-order valence-corrected chi connectivity index (χ0v) is 16.1. The van der Waals surface area contributed by atoms with Crippen LogP contribution in [0.1, 0.15) is 41.3 Å². The molecular weight excluding hydrogens is 366 g/mol. The predicted octanol–water partition coefficient (Wildman–Crippen LogP) is 3.23. The molecule has 1 aromatic heterocycles. The summed E-state index contributed by atoms with van der Waals surface area (Å²) in [5, 5.41) is 4.03. The fourth-order valence-electron chi connectivity index (χ4n) is 3.89. The lowest BCUT2D eigenvalue weighted by molar-refractivity contribution is -0.125. The topological polar surface area (TPSA) is 79.4 Å². The van der Waals surface area contributed by atoms with Gasteiger partial charge in [-0.1, -0.05) is 42.5 Å². The molecule has 2 heterocycles. The number of anilines is 1. The molecule has 4 rings (SSSR count). The minimum absolute atomic E-state index is 0.0988. The SMILES string of the molecule is CC(CCC(=O)NC=O)N1C(=O)c2cccc3c(Cc4ccccc4)cnc1c23. The maximum atomic E-state index is 13.1. The zero-order chi connectivity index (χ0) is 20.4. The van der Waals surface area contributed by atoms with Gasteiger partial charge in [0.2, 0.25) is 12.3 Å². The lowest BCUT2D eigenvalue weighted by Gasteiger charge is -2.24. The first-order valence-electron chi connectivity index (χ1n) is 9.61. The number of hydrogen-bond acceptors (Lipinski definition) is 4. The molecule has 3 aromatic rings. The summed E-state index contributed by atoms with van der Waals surface area (Å²) in [4.78, 5) is 41.4. The van der Waals surface area contributed by atoms with Gasteiger partial charge in [0.1, 0.15) is 5.82 Å². The van der Waals surface area contributed by atoms with Crippen LogP contribution in [-0.4, -0.2) is 29.3 Å². The van der Waals surface area contributed by atoms with Crippen molar-refractivity contribution in [3.63, 3.8) is 0 Å². The van der Waals surface area contributed by atoms with Crippen LogP contribution in [-0.2, 0) is 16.0 Å². The van der Waals surface area contributed by atoms with Gasteiger partial charge < -0.3 is 0 Å². The highest BCUT2D eigenvalue weighted by atomic mass is 16.2. The van der Waals surface area contributed by atoms with E-state index in [4.69, 9.17) is 0 Å². The lowest BCUT2D eigenvalue weighted by atomic mass is 9.99. The van der Waals surface area contributed by atoms with Crippen molar-refractivity contribution in [2.45, 2.75) is 32.2 Å².